The SMILES string of the molecule is O=c1ccc2c(nn1)C=NC(F)(F)N2. The van der Waals surface area contributed by atoms with E-state index in [2.05, 4.69) is 15.2 Å². The number of fused-ring (bicyclic) bond motifs is 1. The van der Waals surface area contributed by atoms with E-state index in [4.69, 9.17) is 0 Å². The Morgan fingerprint density at radius 1 is 1.29 bits per heavy atom. The van der Waals surface area contributed by atoms with Crippen LogP contribution < -0.4 is 10.9 Å². The average molecular weight is 198 g/mol. The van der Waals surface area contributed by atoms with Crippen molar-refractivity contribution in [2.24, 2.45) is 4.99 Å². The number of hydrogen-bond donors (Lipinski definition) is 1. The number of nitrogens with one attached hydrogen (secondary N) is 1. The molecule has 0 bridgehead atoms. The second-order valence-corrected chi connectivity index (χ2v) is 2.59. The number of anilines is 1. The van der Waals surface area contributed by atoms with Gasteiger partial charge in [-0.05, 0) is 6.07 Å². The summed E-state index contributed by atoms with van der Waals surface area (Å²) in [5, 5.41) is 8.47. The molecule has 0 spiro atoms. The van der Waals surface area contributed by atoms with Crippen molar-refractivity contribution in [2.45, 2.75) is 6.17 Å². The van der Waals surface area contributed by atoms with Crippen LogP contribution in [0.1, 0.15) is 5.69 Å². The molecule has 0 aliphatic carbocycles. The lowest BCUT2D eigenvalue weighted by Crippen LogP contribution is -2.28. The molecule has 0 saturated carbocycles. The van der Waals surface area contributed by atoms with Crippen molar-refractivity contribution in [3.63, 3.8) is 0 Å². The van der Waals surface area contributed by atoms with E-state index in [9.17, 15) is 13.6 Å². The summed E-state index contributed by atoms with van der Waals surface area (Å²) in [5.74, 6) is 0. The summed E-state index contributed by atoms with van der Waals surface area (Å²) < 4.78 is 25.3. The lowest BCUT2D eigenvalue weighted by Gasteiger charge is -2.17. The van der Waals surface area contributed by atoms with Crippen LogP contribution in [0.5, 0.6) is 0 Å². The number of nitrogens with zero attached hydrogens (tertiary/aromatic N) is 3. The van der Waals surface area contributed by atoms with E-state index < -0.39 is 11.7 Å². The molecule has 0 saturated heterocycles. The quantitative estimate of drug-likeness (QED) is 0.606. The number of hydrogen-bond acceptors (Lipinski definition) is 5. The fraction of sp³-hybridized carbons (Fsp3) is 0.143. The van der Waals surface area contributed by atoms with E-state index in [1.807, 2.05) is 5.32 Å². The predicted octanol–water partition coefficient (Wildman–Crippen LogP) is 0.231. The van der Waals surface area contributed by atoms with E-state index in [1.165, 1.54) is 6.07 Å². The molecule has 0 unspecified atom stereocenters. The van der Waals surface area contributed by atoms with Crippen LogP contribution in [0.4, 0.5) is 14.5 Å². The van der Waals surface area contributed by atoms with Crippen LogP contribution in [0, 0.1) is 0 Å². The number of aromatic nitrogens is 2. The molecule has 7 heteroatoms. The monoisotopic (exact) mass is 198 g/mol. The van der Waals surface area contributed by atoms with Crippen LogP contribution >= 0.6 is 0 Å². The van der Waals surface area contributed by atoms with Crippen LogP contribution in [0.2, 0.25) is 0 Å². The molecule has 1 aliphatic heterocycles. The number of aliphatic imine (C=N–C) groups is 1. The molecule has 0 atom stereocenters. The maximum absolute atomic E-state index is 12.7. The normalized spacial score (nSPS) is 17.0. The Bertz CT molecular complexity index is 460. The molecule has 0 aromatic carbocycles. The number of rotatable bonds is 0. The van der Waals surface area contributed by atoms with Crippen LogP contribution in [-0.4, -0.2) is 22.6 Å². The molecule has 1 N–H and O–H groups in total. The highest BCUT2D eigenvalue weighted by atomic mass is 19.3. The van der Waals surface area contributed by atoms with Gasteiger partial charge < -0.3 is 5.32 Å². The maximum Gasteiger partial charge on any atom is 0.429 e. The van der Waals surface area contributed by atoms with Crippen LogP contribution in [0.25, 0.3) is 0 Å². The van der Waals surface area contributed by atoms with Gasteiger partial charge in [0.05, 0.1) is 11.9 Å². The lowest BCUT2D eigenvalue weighted by atomic mass is 10.3. The largest absolute Gasteiger partial charge is 0.429 e. The zero-order valence-electron chi connectivity index (χ0n) is 6.74. The number of alkyl halides is 2. The second kappa shape index (κ2) is 2.79. The molecule has 14 heavy (non-hydrogen) atoms. The van der Waals surface area contributed by atoms with Gasteiger partial charge >= 0.3 is 6.17 Å². The first-order chi connectivity index (χ1) is 6.57. The van der Waals surface area contributed by atoms with Gasteiger partial charge in [0.1, 0.15) is 5.69 Å². The van der Waals surface area contributed by atoms with Gasteiger partial charge in [-0.1, -0.05) is 0 Å². The van der Waals surface area contributed by atoms with Crippen LogP contribution in [0.3, 0.4) is 0 Å². The van der Waals surface area contributed by atoms with Crippen molar-refractivity contribution >= 4 is 11.9 Å². The Hall–Kier alpha value is -1.92. The third-order valence-electron chi connectivity index (χ3n) is 1.56. The molecule has 1 aromatic heterocycles. The fourth-order valence-corrected chi connectivity index (χ4v) is 0.968. The molecule has 0 amide bonds. The summed E-state index contributed by atoms with van der Waals surface area (Å²) in [4.78, 5) is 13.6. The van der Waals surface area contributed by atoms with Crippen molar-refractivity contribution < 1.29 is 8.78 Å². The molecule has 1 aliphatic rings. The zero-order valence-corrected chi connectivity index (χ0v) is 6.74. The van der Waals surface area contributed by atoms with Gasteiger partial charge in [0, 0.05) is 6.07 Å². The van der Waals surface area contributed by atoms with E-state index >= 15 is 0 Å². The van der Waals surface area contributed by atoms with Gasteiger partial charge in [0.2, 0.25) is 0 Å². The first-order valence-corrected chi connectivity index (χ1v) is 3.66. The van der Waals surface area contributed by atoms with Crippen molar-refractivity contribution in [1.82, 2.24) is 10.2 Å². The van der Waals surface area contributed by atoms with E-state index in [-0.39, 0.29) is 11.4 Å². The Morgan fingerprint density at radius 3 is 2.86 bits per heavy atom. The predicted molar refractivity (Wildman–Crippen MR) is 44.5 cm³/mol. The minimum atomic E-state index is -3.36. The highest BCUT2D eigenvalue weighted by Crippen LogP contribution is 2.24. The molecule has 5 nitrogen and oxygen atoms in total. The molecule has 0 radical (unpaired) electrons. The van der Waals surface area contributed by atoms with Crippen molar-refractivity contribution in [3.05, 3.63) is 28.2 Å². The smallest absolute Gasteiger partial charge is 0.304 e. The second-order valence-electron chi connectivity index (χ2n) is 2.59. The molecule has 1 aromatic rings. The summed E-state index contributed by atoms with van der Waals surface area (Å²) in [6.07, 6.45) is -2.48. The molecule has 2 heterocycles. The zero-order chi connectivity index (χ0) is 10.2. The number of halogens is 2. The standard InChI is InChI=1S/C7H4F2N4O/c8-7(9)10-3-5-4(11-7)1-2-6(14)13-12-5/h1-3,11H. The highest BCUT2D eigenvalue weighted by Gasteiger charge is 2.30. The first-order valence-electron chi connectivity index (χ1n) is 3.66. The van der Waals surface area contributed by atoms with Gasteiger partial charge in [-0.3, -0.25) is 4.79 Å². The van der Waals surface area contributed by atoms with E-state index in [0.29, 0.717) is 0 Å². The Labute approximate surface area is 76.5 Å². The van der Waals surface area contributed by atoms with E-state index in [0.717, 1.165) is 12.3 Å². The van der Waals surface area contributed by atoms with Gasteiger partial charge in [0.25, 0.3) is 5.56 Å². The summed E-state index contributed by atoms with van der Waals surface area (Å²) in [6, 6.07) is 2.24. The molecule has 72 valence electrons. The Balaban J connectivity index is 2.58. The maximum atomic E-state index is 12.7. The van der Waals surface area contributed by atoms with Crippen LogP contribution in [-0.2, 0) is 0 Å². The van der Waals surface area contributed by atoms with Gasteiger partial charge in [-0.25, -0.2) is 4.99 Å². The summed E-state index contributed by atoms with van der Waals surface area (Å²) in [6.45, 7) is 0. The summed E-state index contributed by atoms with van der Waals surface area (Å²) >= 11 is 0. The minimum Gasteiger partial charge on any atom is -0.304 e. The topological polar surface area (TPSA) is 67.2 Å². The van der Waals surface area contributed by atoms with Gasteiger partial charge in [0.15, 0.2) is 0 Å². The Kier molecular flexibility index (Phi) is 1.73. The molecular weight excluding hydrogens is 194 g/mol. The Morgan fingerprint density at radius 2 is 2.07 bits per heavy atom. The third-order valence-corrected chi connectivity index (χ3v) is 1.56. The lowest BCUT2D eigenvalue weighted by molar-refractivity contribution is 0.0426. The third kappa shape index (κ3) is 1.56. The fourth-order valence-electron chi connectivity index (χ4n) is 0.968. The van der Waals surface area contributed by atoms with Crippen LogP contribution in [0.15, 0.2) is 21.9 Å². The first kappa shape index (κ1) is 8.67. The minimum absolute atomic E-state index is 0.0274. The average Bonchev–Trinajstić information content (AvgIpc) is 2.27. The van der Waals surface area contributed by atoms with Crippen molar-refractivity contribution in [3.8, 4) is 0 Å². The van der Waals surface area contributed by atoms with Gasteiger partial charge in [-0.15, -0.1) is 10.2 Å². The molecule has 2 rings (SSSR count). The highest BCUT2D eigenvalue weighted by molar-refractivity contribution is 5.86. The van der Waals surface area contributed by atoms with Crippen molar-refractivity contribution in [1.29, 1.82) is 0 Å². The summed E-state index contributed by atoms with van der Waals surface area (Å²) in [7, 11) is 0. The van der Waals surface area contributed by atoms with Crippen molar-refractivity contribution in [2.75, 3.05) is 5.32 Å². The molecule has 0 fully saturated rings. The van der Waals surface area contributed by atoms with E-state index in [1.54, 1.807) is 0 Å². The summed E-state index contributed by atoms with van der Waals surface area (Å²) in [5.41, 5.74) is -0.462. The van der Waals surface area contributed by atoms with Gasteiger partial charge in [-0.2, -0.15) is 8.78 Å². The molecular formula is C7H4F2N4O.